The van der Waals surface area contributed by atoms with E-state index < -0.39 is 40.2 Å². The summed E-state index contributed by atoms with van der Waals surface area (Å²) in [4.78, 5) is 0. The van der Waals surface area contributed by atoms with Gasteiger partial charge in [-0.15, -0.1) is 0 Å². The number of ether oxygens (including phenoxy) is 2. The Labute approximate surface area is 126 Å². The normalized spacial score (nSPS) is 27.9. The molecule has 0 aromatic heterocycles. The van der Waals surface area contributed by atoms with Gasteiger partial charge in [0.25, 0.3) is 0 Å². The van der Waals surface area contributed by atoms with Crippen LogP contribution >= 0.6 is 0 Å². The Balaban J connectivity index is 3.15. The average Bonchev–Trinajstić information content (AvgIpc) is 2.09. The zero-order valence-electron chi connectivity index (χ0n) is 14.0. The minimum Gasteiger partial charge on any atom is -0.416 e. The van der Waals surface area contributed by atoms with Crippen LogP contribution in [0.5, 0.6) is 0 Å². The lowest BCUT2D eigenvalue weighted by molar-refractivity contribution is -0.0708. The summed E-state index contributed by atoms with van der Waals surface area (Å²) in [5.41, 5.74) is 0. The summed E-state index contributed by atoms with van der Waals surface area (Å²) in [5, 5.41) is 0. The van der Waals surface area contributed by atoms with Gasteiger partial charge in [-0.3, -0.25) is 0 Å². The maximum absolute atomic E-state index is 6.35. The Morgan fingerprint density at radius 3 is 1.20 bits per heavy atom. The molecule has 120 valence electrons. The van der Waals surface area contributed by atoms with Gasteiger partial charge in [-0.05, 0) is 45.8 Å². The molecule has 0 amide bonds. The Morgan fingerprint density at radius 1 is 0.600 bits per heavy atom. The van der Waals surface area contributed by atoms with Crippen molar-refractivity contribution < 1.29 is 25.9 Å². The molecule has 1 aliphatic rings. The second kappa shape index (κ2) is 6.02. The van der Waals surface area contributed by atoms with Gasteiger partial charge in [-0.25, -0.2) is 0 Å². The summed E-state index contributed by atoms with van der Waals surface area (Å²) < 4.78 is 36.0. The minimum absolute atomic E-state index is 0.504. The van der Waals surface area contributed by atoms with Crippen LogP contribution in [0.1, 0.15) is 0 Å². The van der Waals surface area contributed by atoms with Gasteiger partial charge in [-0.1, -0.05) is 0 Å². The highest BCUT2D eigenvalue weighted by Crippen LogP contribution is 2.32. The second-order valence-corrected chi connectivity index (χ2v) is 20.6. The fraction of sp³-hybridized carbons (Fsp3) is 1.00. The summed E-state index contributed by atoms with van der Waals surface area (Å²) in [7, 11) is -6.51. The predicted molar refractivity (Wildman–Crippen MR) is 86.2 cm³/mol. The van der Waals surface area contributed by atoms with Gasteiger partial charge in [0, 0.05) is 14.2 Å². The van der Waals surface area contributed by atoms with Crippen LogP contribution < -0.4 is 0 Å². The van der Waals surface area contributed by atoms with Gasteiger partial charge in [0.1, 0.15) is 0 Å². The van der Waals surface area contributed by atoms with Crippen molar-refractivity contribution in [2.45, 2.75) is 51.7 Å². The van der Waals surface area contributed by atoms with E-state index in [-0.39, 0.29) is 0 Å². The van der Waals surface area contributed by atoms with Crippen molar-refractivity contribution in [3.05, 3.63) is 0 Å². The van der Waals surface area contributed by atoms with Crippen LogP contribution in [0.25, 0.3) is 0 Å². The Hall–Kier alpha value is 0.628. The van der Waals surface area contributed by atoms with Crippen molar-refractivity contribution in [2.75, 3.05) is 14.2 Å². The monoisotopic (exact) mass is 356 g/mol. The molecule has 0 bridgehead atoms. The molecule has 0 aromatic rings. The van der Waals surface area contributed by atoms with Gasteiger partial charge >= 0.3 is 34.2 Å². The third-order valence-electron chi connectivity index (χ3n) is 2.74. The molecular formula is C10H28O6Si4. The lowest BCUT2D eigenvalue weighted by atomic mass is 11.3. The van der Waals surface area contributed by atoms with Crippen LogP contribution in [0.15, 0.2) is 0 Å². The van der Waals surface area contributed by atoms with Crippen molar-refractivity contribution in [1.82, 2.24) is 0 Å². The number of hydrogen-bond donors (Lipinski definition) is 0. The molecule has 1 aliphatic heterocycles. The zero-order chi connectivity index (χ0) is 15.8. The summed E-state index contributed by atoms with van der Waals surface area (Å²) in [6.07, 6.45) is 0. The van der Waals surface area contributed by atoms with Gasteiger partial charge in [0.05, 0.1) is 0 Å². The van der Waals surface area contributed by atoms with Gasteiger partial charge < -0.3 is 25.9 Å². The molecule has 0 radical (unpaired) electrons. The average molecular weight is 357 g/mol. The van der Waals surface area contributed by atoms with Crippen LogP contribution in [0.2, 0.25) is 45.8 Å². The first-order valence-electron chi connectivity index (χ1n) is 6.71. The quantitative estimate of drug-likeness (QED) is 0.572. The Morgan fingerprint density at radius 2 is 0.900 bits per heavy atom. The summed E-state index contributed by atoms with van der Waals surface area (Å²) in [6, 6.07) is 0. The highest BCUT2D eigenvalue weighted by atomic mass is 28.5. The summed E-state index contributed by atoms with van der Waals surface area (Å²) in [5.74, 6) is -0.504. The fourth-order valence-corrected chi connectivity index (χ4v) is 23.9. The third kappa shape index (κ3) is 4.83. The first-order valence-corrected chi connectivity index (χ1v) is 17.6. The predicted octanol–water partition coefficient (Wildman–Crippen LogP) is 2.40. The van der Waals surface area contributed by atoms with Gasteiger partial charge in [0.2, 0.25) is 0 Å². The fourth-order valence-electron chi connectivity index (χ4n) is 2.86. The van der Waals surface area contributed by atoms with Crippen LogP contribution in [0.3, 0.4) is 0 Å². The lowest BCUT2D eigenvalue weighted by Crippen LogP contribution is -2.69. The van der Waals surface area contributed by atoms with Crippen molar-refractivity contribution in [1.29, 1.82) is 0 Å². The van der Waals surface area contributed by atoms with Crippen molar-refractivity contribution in [3.63, 3.8) is 0 Å². The molecule has 1 heterocycles. The standard InChI is InChI=1S/C10H28O6Si4/c1-11-10(12-2)20(9)15-18(5,6)13-17(3,4)14-19(7,8)16-20/h10H,1-9H3. The van der Waals surface area contributed by atoms with E-state index in [0.29, 0.717) is 0 Å². The number of hydrogen-bond acceptors (Lipinski definition) is 6. The molecule has 6 nitrogen and oxygen atoms in total. The molecule has 0 aromatic carbocycles. The molecule has 0 atom stereocenters. The smallest absolute Gasteiger partial charge is 0.375 e. The Bertz CT molecular complexity index is 323. The molecule has 0 unspecified atom stereocenters. The Kier molecular flexibility index (Phi) is 5.62. The maximum Gasteiger partial charge on any atom is 0.375 e. The summed E-state index contributed by atoms with van der Waals surface area (Å²) >= 11 is 0. The minimum atomic E-state index is -2.73. The highest BCUT2D eigenvalue weighted by molar-refractivity contribution is 6.93. The van der Waals surface area contributed by atoms with E-state index in [9.17, 15) is 0 Å². The van der Waals surface area contributed by atoms with E-state index in [1.54, 1.807) is 14.2 Å². The number of rotatable bonds is 3. The molecule has 20 heavy (non-hydrogen) atoms. The van der Waals surface area contributed by atoms with E-state index in [4.69, 9.17) is 25.9 Å². The molecule has 10 heteroatoms. The molecule has 0 saturated carbocycles. The highest BCUT2D eigenvalue weighted by Gasteiger charge is 2.56. The topological polar surface area (TPSA) is 55.4 Å². The molecule has 1 fully saturated rings. The van der Waals surface area contributed by atoms with Crippen LogP contribution in [-0.2, 0) is 25.9 Å². The third-order valence-corrected chi connectivity index (χ3v) is 19.1. The zero-order valence-corrected chi connectivity index (χ0v) is 18.0. The first kappa shape index (κ1) is 18.7. The molecule has 0 spiro atoms. The van der Waals surface area contributed by atoms with E-state index in [0.717, 1.165) is 0 Å². The van der Waals surface area contributed by atoms with Crippen LogP contribution in [0.4, 0.5) is 0 Å². The van der Waals surface area contributed by atoms with E-state index in [1.165, 1.54) is 0 Å². The molecule has 0 N–H and O–H groups in total. The van der Waals surface area contributed by atoms with Gasteiger partial charge in [-0.2, -0.15) is 0 Å². The van der Waals surface area contributed by atoms with E-state index in [1.807, 2.05) is 45.8 Å². The SMILES string of the molecule is COC(OC)[Si]1(C)O[Si](C)(C)O[Si](C)(C)O[Si](C)(C)O1. The van der Waals surface area contributed by atoms with E-state index in [2.05, 4.69) is 0 Å². The first-order chi connectivity index (χ1) is 8.85. The van der Waals surface area contributed by atoms with E-state index >= 15 is 0 Å². The maximum atomic E-state index is 6.35. The van der Waals surface area contributed by atoms with Crippen molar-refractivity contribution in [3.8, 4) is 0 Å². The number of methoxy groups -OCH3 is 2. The lowest BCUT2D eigenvalue weighted by Gasteiger charge is -2.48. The van der Waals surface area contributed by atoms with Gasteiger partial charge in [0.15, 0.2) is 5.91 Å². The molecular weight excluding hydrogens is 328 g/mol. The van der Waals surface area contributed by atoms with Crippen molar-refractivity contribution in [2.24, 2.45) is 0 Å². The molecule has 1 rings (SSSR count). The second-order valence-electron chi connectivity index (χ2n) is 6.43. The van der Waals surface area contributed by atoms with Crippen LogP contribution in [0, 0.1) is 0 Å². The summed E-state index contributed by atoms with van der Waals surface area (Å²) in [6.45, 7) is 14.1. The molecule has 1 saturated heterocycles. The van der Waals surface area contributed by atoms with Crippen LogP contribution in [-0.4, -0.2) is 54.4 Å². The largest absolute Gasteiger partial charge is 0.416 e. The van der Waals surface area contributed by atoms with Crippen molar-refractivity contribution >= 4 is 34.2 Å². The molecule has 0 aliphatic carbocycles.